The van der Waals surface area contributed by atoms with Gasteiger partial charge in [0.05, 0.1) is 6.61 Å². The molecule has 108 valence electrons. The van der Waals surface area contributed by atoms with Gasteiger partial charge in [-0.15, -0.1) is 0 Å². The molecule has 2 atom stereocenters. The van der Waals surface area contributed by atoms with Gasteiger partial charge in [0.15, 0.2) is 0 Å². The Morgan fingerprint density at radius 3 is 2.55 bits per heavy atom. The van der Waals surface area contributed by atoms with Crippen LogP contribution in [0.5, 0.6) is 0 Å². The lowest BCUT2D eigenvalue weighted by molar-refractivity contribution is -0.161. The van der Waals surface area contributed by atoms with E-state index in [4.69, 9.17) is 4.74 Å². The first-order valence-corrected chi connectivity index (χ1v) is 7.36. The van der Waals surface area contributed by atoms with Gasteiger partial charge in [0.25, 0.3) is 0 Å². The number of aliphatic hydroxyl groups excluding tert-OH is 1. The standard InChI is InChI=1S/C16H21NO3/c18-11-14(12-4-2-1-3-5-12)16(19)20-15-10-17-8-6-13(15)7-9-17/h1-5,13-15,18H,6-11H2/t14-,15+/m0/s1. The summed E-state index contributed by atoms with van der Waals surface area (Å²) < 4.78 is 5.69. The molecule has 0 radical (unpaired) electrons. The van der Waals surface area contributed by atoms with E-state index in [1.807, 2.05) is 30.3 Å². The minimum absolute atomic E-state index is 0.00256. The fraction of sp³-hybridized carbons (Fsp3) is 0.562. The number of hydrogen-bond acceptors (Lipinski definition) is 4. The summed E-state index contributed by atoms with van der Waals surface area (Å²) >= 11 is 0. The Balaban J connectivity index is 1.66. The van der Waals surface area contributed by atoms with Crippen LogP contribution in [0.25, 0.3) is 0 Å². The van der Waals surface area contributed by atoms with Crippen LogP contribution >= 0.6 is 0 Å². The molecular weight excluding hydrogens is 254 g/mol. The first-order valence-electron chi connectivity index (χ1n) is 7.36. The van der Waals surface area contributed by atoms with Crippen molar-refractivity contribution in [2.24, 2.45) is 5.92 Å². The topological polar surface area (TPSA) is 49.8 Å². The summed E-state index contributed by atoms with van der Waals surface area (Å²) in [6, 6.07) is 9.37. The lowest BCUT2D eigenvalue weighted by atomic mass is 9.85. The summed E-state index contributed by atoms with van der Waals surface area (Å²) in [5.74, 6) is -0.358. The summed E-state index contributed by atoms with van der Waals surface area (Å²) in [5, 5.41) is 9.50. The highest BCUT2D eigenvalue weighted by atomic mass is 16.5. The molecule has 2 bridgehead atoms. The Morgan fingerprint density at radius 1 is 1.30 bits per heavy atom. The molecular formula is C16H21NO3. The molecule has 3 heterocycles. The van der Waals surface area contributed by atoms with Gasteiger partial charge in [-0.1, -0.05) is 30.3 Å². The Kier molecular flexibility index (Phi) is 4.03. The van der Waals surface area contributed by atoms with Crippen LogP contribution in [0.3, 0.4) is 0 Å². The predicted octanol–water partition coefficient (Wildman–Crippen LogP) is 1.40. The molecule has 0 unspecified atom stereocenters. The summed E-state index contributed by atoms with van der Waals surface area (Å²) in [4.78, 5) is 14.7. The first-order chi connectivity index (χ1) is 9.78. The van der Waals surface area contributed by atoms with Crippen molar-refractivity contribution in [3.05, 3.63) is 35.9 Å². The average Bonchev–Trinajstić information content (AvgIpc) is 2.50. The highest BCUT2D eigenvalue weighted by Crippen LogP contribution is 2.30. The molecule has 0 saturated carbocycles. The van der Waals surface area contributed by atoms with Crippen molar-refractivity contribution in [2.45, 2.75) is 24.9 Å². The van der Waals surface area contributed by atoms with Gasteiger partial charge in [-0.25, -0.2) is 0 Å². The number of aliphatic hydroxyl groups is 1. The fourth-order valence-electron chi connectivity index (χ4n) is 3.28. The second kappa shape index (κ2) is 5.94. The lowest BCUT2D eigenvalue weighted by Gasteiger charge is -2.44. The van der Waals surface area contributed by atoms with Crippen molar-refractivity contribution in [2.75, 3.05) is 26.2 Å². The molecule has 0 amide bonds. The number of ether oxygens (including phenoxy) is 1. The van der Waals surface area contributed by atoms with E-state index in [1.165, 1.54) is 0 Å². The third kappa shape index (κ3) is 2.72. The van der Waals surface area contributed by atoms with Crippen molar-refractivity contribution in [3.8, 4) is 0 Å². The highest BCUT2D eigenvalue weighted by molar-refractivity contribution is 5.78. The fourth-order valence-corrected chi connectivity index (χ4v) is 3.28. The van der Waals surface area contributed by atoms with Crippen LogP contribution in [-0.4, -0.2) is 48.3 Å². The summed E-state index contributed by atoms with van der Waals surface area (Å²) in [7, 11) is 0. The zero-order chi connectivity index (χ0) is 13.9. The van der Waals surface area contributed by atoms with E-state index < -0.39 is 5.92 Å². The number of carbonyl (C=O) groups is 1. The second-order valence-corrected chi connectivity index (χ2v) is 5.76. The smallest absolute Gasteiger partial charge is 0.316 e. The average molecular weight is 275 g/mol. The van der Waals surface area contributed by atoms with Crippen molar-refractivity contribution < 1.29 is 14.6 Å². The van der Waals surface area contributed by atoms with E-state index in [9.17, 15) is 9.90 Å². The molecule has 4 heteroatoms. The molecule has 3 aliphatic rings. The molecule has 4 rings (SSSR count). The van der Waals surface area contributed by atoms with Gasteiger partial charge in [0.1, 0.15) is 12.0 Å². The van der Waals surface area contributed by atoms with Gasteiger partial charge in [-0.2, -0.15) is 0 Å². The monoisotopic (exact) mass is 275 g/mol. The van der Waals surface area contributed by atoms with Crippen molar-refractivity contribution in [1.82, 2.24) is 4.90 Å². The maximum absolute atomic E-state index is 12.3. The highest BCUT2D eigenvalue weighted by Gasteiger charge is 2.37. The first kappa shape index (κ1) is 13.6. The lowest BCUT2D eigenvalue weighted by Crippen LogP contribution is -2.52. The van der Waals surface area contributed by atoms with Gasteiger partial charge in [-0.3, -0.25) is 9.69 Å². The van der Waals surface area contributed by atoms with Crippen LogP contribution in [-0.2, 0) is 9.53 Å². The van der Waals surface area contributed by atoms with Crippen LogP contribution < -0.4 is 0 Å². The number of carbonyl (C=O) groups excluding carboxylic acids is 1. The SMILES string of the molecule is O=C(O[C@@H]1CN2CCC1CC2)[C@@H](CO)c1ccccc1. The molecule has 0 aromatic heterocycles. The van der Waals surface area contributed by atoms with Gasteiger partial charge in [-0.05, 0) is 37.4 Å². The predicted molar refractivity (Wildman–Crippen MR) is 75.3 cm³/mol. The normalized spacial score (nSPS) is 29.9. The number of rotatable bonds is 4. The molecule has 1 aromatic carbocycles. The Labute approximate surface area is 119 Å². The van der Waals surface area contributed by atoms with E-state index in [0.717, 1.165) is 38.0 Å². The third-order valence-electron chi connectivity index (χ3n) is 4.53. The van der Waals surface area contributed by atoms with Gasteiger partial charge < -0.3 is 9.84 Å². The summed E-state index contributed by atoms with van der Waals surface area (Å²) in [5.41, 5.74) is 0.821. The van der Waals surface area contributed by atoms with Crippen LogP contribution in [0.15, 0.2) is 30.3 Å². The Morgan fingerprint density at radius 2 is 2.00 bits per heavy atom. The van der Waals surface area contributed by atoms with E-state index >= 15 is 0 Å². The Hall–Kier alpha value is -1.39. The van der Waals surface area contributed by atoms with Gasteiger partial charge in [0.2, 0.25) is 0 Å². The Bertz CT molecular complexity index is 454. The van der Waals surface area contributed by atoms with Crippen LogP contribution in [0.2, 0.25) is 0 Å². The molecule has 20 heavy (non-hydrogen) atoms. The molecule has 4 nitrogen and oxygen atoms in total. The molecule has 0 spiro atoms. The minimum atomic E-state index is -0.563. The maximum atomic E-state index is 12.3. The molecule has 1 N–H and O–H groups in total. The number of hydrogen-bond donors (Lipinski definition) is 1. The molecule has 3 aliphatic heterocycles. The zero-order valence-corrected chi connectivity index (χ0v) is 11.6. The number of esters is 1. The quantitative estimate of drug-likeness (QED) is 0.844. The molecule has 3 saturated heterocycles. The van der Waals surface area contributed by atoms with Gasteiger partial charge in [0, 0.05) is 6.54 Å². The molecule has 3 fully saturated rings. The number of benzene rings is 1. The van der Waals surface area contributed by atoms with E-state index in [0.29, 0.717) is 5.92 Å². The largest absolute Gasteiger partial charge is 0.460 e. The van der Waals surface area contributed by atoms with Crippen LogP contribution in [0.1, 0.15) is 24.3 Å². The van der Waals surface area contributed by atoms with Crippen molar-refractivity contribution in [1.29, 1.82) is 0 Å². The van der Waals surface area contributed by atoms with E-state index in [-0.39, 0.29) is 18.7 Å². The van der Waals surface area contributed by atoms with E-state index in [2.05, 4.69) is 4.90 Å². The van der Waals surface area contributed by atoms with Crippen LogP contribution in [0, 0.1) is 5.92 Å². The maximum Gasteiger partial charge on any atom is 0.316 e. The summed E-state index contributed by atoms with van der Waals surface area (Å²) in [6.07, 6.45) is 2.24. The number of piperidine rings is 3. The molecule has 1 aromatic rings. The summed E-state index contributed by atoms with van der Waals surface area (Å²) in [6.45, 7) is 2.90. The van der Waals surface area contributed by atoms with Crippen molar-refractivity contribution in [3.63, 3.8) is 0 Å². The van der Waals surface area contributed by atoms with Gasteiger partial charge >= 0.3 is 5.97 Å². The number of nitrogens with zero attached hydrogens (tertiary/aromatic N) is 1. The van der Waals surface area contributed by atoms with E-state index in [1.54, 1.807) is 0 Å². The van der Waals surface area contributed by atoms with Crippen LogP contribution in [0.4, 0.5) is 0 Å². The second-order valence-electron chi connectivity index (χ2n) is 5.76. The minimum Gasteiger partial charge on any atom is -0.460 e. The number of fused-ring (bicyclic) bond motifs is 3. The third-order valence-corrected chi connectivity index (χ3v) is 4.53. The molecule has 0 aliphatic carbocycles. The zero-order valence-electron chi connectivity index (χ0n) is 11.6. The van der Waals surface area contributed by atoms with Crippen molar-refractivity contribution >= 4 is 5.97 Å².